The maximum Gasteiger partial charge on any atom is 0.0818 e. The van der Waals surface area contributed by atoms with Crippen LogP contribution in [0.4, 0.5) is 0 Å². The highest BCUT2D eigenvalue weighted by molar-refractivity contribution is 7.10. The molecule has 3 heteroatoms. The first-order valence-electron chi connectivity index (χ1n) is 2.93. The Hall–Kier alpha value is -1.09. The van der Waals surface area contributed by atoms with Gasteiger partial charge in [0.2, 0.25) is 0 Å². The van der Waals surface area contributed by atoms with Gasteiger partial charge in [0.15, 0.2) is 0 Å². The van der Waals surface area contributed by atoms with Gasteiger partial charge in [0.05, 0.1) is 16.1 Å². The zero-order valence-electron chi connectivity index (χ0n) is 5.19. The molecule has 1 aliphatic heterocycles. The third-order valence-corrected chi connectivity index (χ3v) is 2.03. The van der Waals surface area contributed by atoms with Crippen LogP contribution < -0.4 is 5.32 Å². The Morgan fingerprint density at radius 2 is 2.40 bits per heavy atom. The van der Waals surface area contributed by atoms with Crippen molar-refractivity contribution in [1.29, 1.82) is 0 Å². The summed E-state index contributed by atoms with van der Waals surface area (Å²) in [4.78, 5) is 5.09. The molecule has 0 unspecified atom stereocenters. The maximum atomic E-state index is 4.13. The third kappa shape index (κ3) is 0.844. The van der Waals surface area contributed by atoms with Crippen LogP contribution in [0, 0.1) is 0 Å². The molecular formula is C7H5N2S. The topological polar surface area (TPSA) is 27.0 Å². The Balaban J connectivity index is 2.30. The van der Waals surface area contributed by atoms with Crippen LogP contribution in [0.15, 0.2) is 30.1 Å². The molecule has 0 atom stereocenters. The van der Waals surface area contributed by atoms with Crippen LogP contribution in [0.3, 0.4) is 0 Å². The molecule has 0 N–H and O–H groups in total. The first-order valence-corrected chi connectivity index (χ1v) is 3.81. The molecule has 0 fully saturated rings. The number of allylic oxidation sites excluding steroid dienone is 2. The normalized spacial score (nSPS) is 15.0. The van der Waals surface area contributed by atoms with E-state index in [9.17, 15) is 0 Å². The third-order valence-electron chi connectivity index (χ3n) is 1.24. The van der Waals surface area contributed by atoms with Crippen molar-refractivity contribution in [2.24, 2.45) is 0 Å². The van der Waals surface area contributed by atoms with Gasteiger partial charge in [-0.15, -0.1) is 11.3 Å². The summed E-state index contributed by atoms with van der Waals surface area (Å²) in [7, 11) is 0. The minimum absolute atomic E-state index is 1.02. The highest BCUT2D eigenvalue weighted by Crippen LogP contribution is 2.19. The smallest absolute Gasteiger partial charge is 0.0818 e. The van der Waals surface area contributed by atoms with Crippen LogP contribution in [0.25, 0.3) is 5.70 Å². The Morgan fingerprint density at radius 1 is 1.40 bits per heavy atom. The van der Waals surface area contributed by atoms with E-state index in [1.165, 1.54) is 0 Å². The zero-order chi connectivity index (χ0) is 6.81. The van der Waals surface area contributed by atoms with E-state index in [0.717, 1.165) is 10.6 Å². The fourth-order valence-electron chi connectivity index (χ4n) is 0.789. The SMILES string of the molecule is C1=C[N]C(c2cncs2)=C1. The maximum absolute atomic E-state index is 4.13. The first kappa shape index (κ1) is 5.68. The molecule has 0 amide bonds. The average Bonchev–Trinajstić information content (AvgIpc) is 2.59. The van der Waals surface area contributed by atoms with Crippen molar-refractivity contribution in [1.82, 2.24) is 10.3 Å². The predicted octanol–water partition coefficient (Wildman–Crippen LogP) is 1.62. The fraction of sp³-hybridized carbons (Fsp3) is 0. The van der Waals surface area contributed by atoms with Crippen molar-refractivity contribution < 1.29 is 0 Å². The number of rotatable bonds is 1. The standard InChI is InChI=1S/C7H5N2S/c1-2-6(9-3-1)7-4-8-5-10-7/h1-5H. The van der Waals surface area contributed by atoms with Gasteiger partial charge in [-0.2, -0.15) is 0 Å². The van der Waals surface area contributed by atoms with Gasteiger partial charge in [-0.3, -0.25) is 10.3 Å². The van der Waals surface area contributed by atoms with E-state index >= 15 is 0 Å². The monoisotopic (exact) mass is 149 g/mol. The summed E-state index contributed by atoms with van der Waals surface area (Å²) < 4.78 is 0. The van der Waals surface area contributed by atoms with Gasteiger partial charge in [0.1, 0.15) is 0 Å². The van der Waals surface area contributed by atoms with Crippen molar-refractivity contribution in [2.45, 2.75) is 0 Å². The van der Waals surface area contributed by atoms with Crippen molar-refractivity contribution in [2.75, 3.05) is 0 Å². The lowest BCUT2D eigenvalue weighted by Crippen LogP contribution is -1.87. The number of hydrogen-bond donors (Lipinski definition) is 0. The van der Waals surface area contributed by atoms with E-state index in [0.29, 0.717) is 0 Å². The molecule has 2 rings (SSSR count). The van der Waals surface area contributed by atoms with E-state index in [4.69, 9.17) is 0 Å². The summed E-state index contributed by atoms with van der Waals surface area (Å²) in [5, 5.41) is 4.13. The van der Waals surface area contributed by atoms with Crippen molar-refractivity contribution in [3.05, 3.63) is 34.9 Å². The Kier molecular flexibility index (Phi) is 1.29. The molecule has 1 aliphatic rings. The Morgan fingerprint density at radius 3 is 3.00 bits per heavy atom. The molecule has 0 spiro atoms. The molecule has 0 bridgehead atoms. The van der Waals surface area contributed by atoms with E-state index < -0.39 is 0 Å². The number of thiazole rings is 1. The zero-order valence-corrected chi connectivity index (χ0v) is 6.01. The molecule has 10 heavy (non-hydrogen) atoms. The largest absolute Gasteiger partial charge is 0.255 e. The molecule has 1 radical (unpaired) electrons. The molecule has 0 saturated carbocycles. The van der Waals surface area contributed by atoms with Gasteiger partial charge in [-0.1, -0.05) is 0 Å². The summed E-state index contributed by atoms with van der Waals surface area (Å²) >= 11 is 1.61. The van der Waals surface area contributed by atoms with Crippen molar-refractivity contribution in [3.63, 3.8) is 0 Å². The van der Waals surface area contributed by atoms with Gasteiger partial charge >= 0.3 is 0 Å². The summed E-state index contributed by atoms with van der Waals surface area (Å²) in [6.07, 6.45) is 7.52. The molecular weight excluding hydrogens is 144 g/mol. The van der Waals surface area contributed by atoms with E-state index in [-0.39, 0.29) is 0 Å². The number of nitrogens with zero attached hydrogens (tertiary/aromatic N) is 2. The molecule has 1 aromatic rings. The molecule has 2 nitrogen and oxygen atoms in total. The summed E-state index contributed by atoms with van der Waals surface area (Å²) in [5.74, 6) is 0. The lowest BCUT2D eigenvalue weighted by atomic mass is 10.4. The highest BCUT2D eigenvalue weighted by Gasteiger charge is 2.03. The molecule has 1 aromatic heterocycles. The lowest BCUT2D eigenvalue weighted by molar-refractivity contribution is 1.23. The minimum Gasteiger partial charge on any atom is -0.255 e. The van der Waals surface area contributed by atoms with Crippen LogP contribution in [0.5, 0.6) is 0 Å². The Labute approximate surface area is 62.9 Å². The van der Waals surface area contributed by atoms with Crippen molar-refractivity contribution >= 4 is 17.0 Å². The van der Waals surface area contributed by atoms with Crippen LogP contribution in [-0.2, 0) is 0 Å². The van der Waals surface area contributed by atoms with Gasteiger partial charge in [0, 0.05) is 12.4 Å². The van der Waals surface area contributed by atoms with E-state index in [1.54, 1.807) is 17.5 Å². The van der Waals surface area contributed by atoms with Crippen molar-refractivity contribution in [3.8, 4) is 0 Å². The second-order valence-corrected chi connectivity index (χ2v) is 2.77. The molecule has 0 aromatic carbocycles. The van der Waals surface area contributed by atoms with Crippen LogP contribution in [-0.4, -0.2) is 4.98 Å². The predicted molar refractivity (Wildman–Crippen MR) is 41.4 cm³/mol. The van der Waals surface area contributed by atoms with E-state index in [1.807, 2.05) is 23.9 Å². The summed E-state index contributed by atoms with van der Waals surface area (Å²) in [5.41, 5.74) is 2.83. The average molecular weight is 149 g/mol. The first-order chi connectivity index (χ1) is 4.97. The second kappa shape index (κ2) is 2.27. The number of aromatic nitrogens is 1. The van der Waals surface area contributed by atoms with Gasteiger partial charge in [-0.05, 0) is 12.2 Å². The molecule has 49 valence electrons. The molecule has 0 saturated heterocycles. The van der Waals surface area contributed by atoms with Gasteiger partial charge < -0.3 is 0 Å². The van der Waals surface area contributed by atoms with Crippen LogP contribution in [0.2, 0.25) is 0 Å². The molecule has 0 aliphatic carbocycles. The van der Waals surface area contributed by atoms with Crippen LogP contribution in [0.1, 0.15) is 4.88 Å². The second-order valence-electron chi connectivity index (χ2n) is 1.89. The summed E-state index contributed by atoms with van der Waals surface area (Å²) in [6, 6.07) is 0. The molecule has 2 heterocycles. The highest BCUT2D eigenvalue weighted by atomic mass is 32.1. The number of hydrogen-bond acceptors (Lipinski definition) is 2. The quantitative estimate of drug-likeness (QED) is 0.596. The Bertz CT molecular complexity index is 272. The van der Waals surface area contributed by atoms with Crippen LogP contribution >= 0.6 is 11.3 Å². The van der Waals surface area contributed by atoms with Gasteiger partial charge in [-0.25, -0.2) is 0 Å². The van der Waals surface area contributed by atoms with E-state index in [2.05, 4.69) is 10.3 Å². The minimum atomic E-state index is 1.02. The van der Waals surface area contributed by atoms with Gasteiger partial charge in [0.25, 0.3) is 0 Å². The fourth-order valence-corrected chi connectivity index (χ4v) is 1.39. The lowest BCUT2D eigenvalue weighted by Gasteiger charge is -1.92. The summed E-state index contributed by atoms with van der Waals surface area (Å²) in [6.45, 7) is 0.